The van der Waals surface area contributed by atoms with E-state index in [1.54, 1.807) is 18.2 Å². The molecule has 0 aliphatic carbocycles. The minimum atomic E-state index is -0.0321. The van der Waals surface area contributed by atoms with Crippen LogP contribution in [0.15, 0.2) is 18.2 Å². The monoisotopic (exact) mass is 250 g/mol. The maximum absolute atomic E-state index is 12.4. The number of nitrogen functional groups attached to an aromatic ring is 1. The molecular weight excluding hydrogens is 228 g/mol. The molecule has 0 spiro atoms. The molecule has 4 heteroatoms. The maximum Gasteiger partial charge on any atom is 0.257 e. The maximum atomic E-state index is 12.4. The second kappa shape index (κ2) is 6.28. The number of carbonyl (C=O) groups is 1. The highest BCUT2D eigenvalue weighted by atomic mass is 16.5. The molecule has 0 aliphatic heterocycles. The van der Waals surface area contributed by atoms with Gasteiger partial charge in [0.2, 0.25) is 0 Å². The number of nitrogens with two attached hydrogens (primary N) is 1. The number of ether oxygens (including phenoxy) is 1. The van der Waals surface area contributed by atoms with Crippen LogP contribution in [-0.2, 0) is 0 Å². The van der Waals surface area contributed by atoms with Crippen molar-refractivity contribution < 1.29 is 9.53 Å². The number of amides is 1. The number of hydrogen-bond acceptors (Lipinski definition) is 3. The molecule has 0 saturated heterocycles. The minimum absolute atomic E-state index is 0.0321. The number of benzene rings is 1. The van der Waals surface area contributed by atoms with Crippen LogP contribution in [0, 0.1) is 5.92 Å². The lowest BCUT2D eigenvalue weighted by molar-refractivity contribution is 0.0742. The van der Waals surface area contributed by atoms with E-state index in [0.717, 1.165) is 6.54 Å². The Kier molecular flexibility index (Phi) is 5.01. The Bertz CT molecular complexity index is 416. The first-order valence-corrected chi connectivity index (χ1v) is 6.23. The van der Waals surface area contributed by atoms with Crippen molar-refractivity contribution in [3.63, 3.8) is 0 Å². The summed E-state index contributed by atoms with van der Waals surface area (Å²) in [6, 6.07) is 5.25. The molecule has 0 saturated carbocycles. The fourth-order valence-corrected chi connectivity index (χ4v) is 1.92. The Morgan fingerprint density at radius 1 is 1.44 bits per heavy atom. The van der Waals surface area contributed by atoms with Gasteiger partial charge < -0.3 is 15.4 Å². The number of methoxy groups -OCH3 is 1. The van der Waals surface area contributed by atoms with Crippen molar-refractivity contribution >= 4 is 11.6 Å². The summed E-state index contributed by atoms with van der Waals surface area (Å²) in [5.74, 6) is 0.862. The van der Waals surface area contributed by atoms with Crippen molar-refractivity contribution in [1.29, 1.82) is 0 Å². The van der Waals surface area contributed by atoms with Gasteiger partial charge in [0.25, 0.3) is 5.91 Å². The zero-order valence-electron chi connectivity index (χ0n) is 11.6. The molecule has 0 aliphatic rings. The van der Waals surface area contributed by atoms with Crippen LogP contribution < -0.4 is 10.5 Å². The van der Waals surface area contributed by atoms with Crippen LogP contribution >= 0.6 is 0 Å². The summed E-state index contributed by atoms with van der Waals surface area (Å²) in [5, 5.41) is 0. The van der Waals surface area contributed by atoms with E-state index in [-0.39, 0.29) is 5.91 Å². The van der Waals surface area contributed by atoms with Crippen LogP contribution in [0.5, 0.6) is 5.75 Å². The molecule has 1 amide bonds. The highest BCUT2D eigenvalue weighted by Gasteiger charge is 2.20. The molecule has 1 rings (SSSR count). The van der Waals surface area contributed by atoms with Crippen LogP contribution in [0.3, 0.4) is 0 Å². The first kappa shape index (κ1) is 14.4. The van der Waals surface area contributed by atoms with Crippen molar-refractivity contribution in [3.8, 4) is 5.75 Å². The van der Waals surface area contributed by atoms with Crippen molar-refractivity contribution in [1.82, 2.24) is 4.90 Å². The van der Waals surface area contributed by atoms with Gasteiger partial charge in [0.15, 0.2) is 5.75 Å². The Labute approximate surface area is 109 Å². The zero-order valence-corrected chi connectivity index (χ0v) is 11.6. The van der Waals surface area contributed by atoms with E-state index < -0.39 is 0 Å². The average Bonchev–Trinajstić information content (AvgIpc) is 2.34. The summed E-state index contributed by atoms with van der Waals surface area (Å²) >= 11 is 0. The van der Waals surface area contributed by atoms with Gasteiger partial charge in [0.05, 0.1) is 18.4 Å². The summed E-state index contributed by atoms with van der Waals surface area (Å²) in [6.45, 7) is 7.56. The van der Waals surface area contributed by atoms with Crippen molar-refractivity contribution in [2.45, 2.75) is 20.8 Å². The van der Waals surface area contributed by atoms with Crippen molar-refractivity contribution in [2.75, 3.05) is 25.9 Å². The molecule has 0 atom stereocenters. The SMILES string of the molecule is CCN(CC(C)C)C(=O)c1cccc(N)c1OC. The molecule has 18 heavy (non-hydrogen) atoms. The molecule has 0 aromatic heterocycles. The van der Waals surface area contributed by atoms with Crippen LogP contribution in [0.4, 0.5) is 5.69 Å². The molecule has 2 N–H and O–H groups in total. The second-order valence-electron chi connectivity index (χ2n) is 4.67. The Balaban J connectivity index is 3.05. The Morgan fingerprint density at radius 2 is 2.11 bits per heavy atom. The highest BCUT2D eigenvalue weighted by Crippen LogP contribution is 2.27. The molecule has 1 aromatic rings. The van der Waals surface area contributed by atoms with Crippen LogP contribution in [0.2, 0.25) is 0 Å². The minimum Gasteiger partial charge on any atom is -0.494 e. The van der Waals surface area contributed by atoms with E-state index in [1.807, 2.05) is 11.8 Å². The number of carbonyl (C=O) groups excluding carboxylic acids is 1. The second-order valence-corrected chi connectivity index (χ2v) is 4.67. The number of nitrogens with zero attached hydrogens (tertiary/aromatic N) is 1. The fourth-order valence-electron chi connectivity index (χ4n) is 1.92. The smallest absolute Gasteiger partial charge is 0.257 e. The summed E-state index contributed by atoms with van der Waals surface area (Å²) in [7, 11) is 1.53. The quantitative estimate of drug-likeness (QED) is 0.816. The molecule has 0 radical (unpaired) electrons. The number of rotatable bonds is 5. The topological polar surface area (TPSA) is 55.6 Å². The molecule has 0 bridgehead atoms. The van der Waals surface area contributed by atoms with E-state index in [1.165, 1.54) is 7.11 Å². The molecule has 4 nitrogen and oxygen atoms in total. The van der Waals surface area contributed by atoms with E-state index >= 15 is 0 Å². The first-order chi connectivity index (χ1) is 8.51. The van der Waals surface area contributed by atoms with Gasteiger partial charge in [-0.15, -0.1) is 0 Å². The zero-order chi connectivity index (χ0) is 13.7. The van der Waals surface area contributed by atoms with E-state index in [0.29, 0.717) is 29.5 Å². The van der Waals surface area contributed by atoms with Gasteiger partial charge >= 0.3 is 0 Å². The van der Waals surface area contributed by atoms with Gasteiger partial charge in [-0.25, -0.2) is 0 Å². The van der Waals surface area contributed by atoms with Crippen molar-refractivity contribution in [3.05, 3.63) is 23.8 Å². The van der Waals surface area contributed by atoms with E-state index in [2.05, 4.69) is 13.8 Å². The number of anilines is 1. The lowest BCUT2D eigenvalue weighted by atomic mass is 10.1. The van der Waals surface area contributed by atoms with Gasteiger partial charge in [-0.1, -0.05) is 19.9 Å². The molecule has 0 unspecified atom stereocenters. The van der Waals surface area contributed by atoms with Gasteiger partial charge in [-0.2, -0.15) is 0 Å². The molecule has 100 valence electrons. The number of hydrogen-bond donors (Lipinski definition) is 1. The lowest BCUT2D eigenvalue weighted by Gasteiger charge is -2.24. The molecule has 0 heterocycles. The van der Waals surface area contributed by atoms with Crippen LogP contribution in [0.25, 0.3) is 0 Å². The van der Waals surface area contributed by atoms with Crippen LogP contribution in [0.1, 0.15) is 31.1 Å². The predicted octanol–water partition coefficient (Wildman–Crippen LogP) is 2.40. The third kappa shape index (κ3) is 3.15. The summed E-state index contributed by atoms with van der Waals surface area (Å²) in [5.41, 5.74) is 6.83. The molecule has 1 aromatic carbocycles. The fraction of sp³-hybridized carbons (Fsp3) is 0.500. The number of para-hydroxylation sites is 1. The highest BCUT2D eigenvalue weighted by molar-refractivity contribution is 5.98. The largest absolute Gasteiger partial charge is 0.494 e. The van der Waals surface area contributed by atoms with Gasteiger partial charge in [-0.3, -0.25) is 4.79 Å². The standard InChI is InChI=1S/C14H22N2O2/c1-5-16(9-10(2)3)14(17)11-7-6-8-12(15)13(11)18-4/h6-8,10H,5,9,15H2,1-4H3. The van der Waals surface area contributed by atoms with Gasteiger partial charge in [0.1, 0.15) is 0 Å². The Hall–Kier alpha value is -1.71. The van der Waals surface area contributed by atoms with Crippen LogP contribution in [-0.4, -0.2) is 31.0 Å². The van der Waals surface area contributed by atoms with E-state index in [4.69, 9.17) is 10.5 Å². The van der Waals surface area contributed by atoms with Crippen molar-refractivity contribution in [2.24, 2.45) is 5.92 Å². The molecular formula is C14H22N2O2. The third-order valence-electron chi connectivity index (χ3n) is 2.73. The summed E-state index contributed by atoms with van der Waals surface area (Å²) in [4.78, 5) is 14.2. The van der Waals surface area contributed by atoms with Gasteiger partial charge in [-0.05, 0) is 25.0 Å². The van der Waals surface area contributed by atoms with Gasteiger partial charge in [0, 0.05) is 13.1 Å². The predicted molar refractivity (Wildman–Crippen MR) is 73.8 cm³/mol. The summed E-state index contributed by atoms with van der Waals surface area (Å²) in [6.07, 6.45) is 0. The van der Waals surface area contributed by atoms with E-state index in [9.17, 15) is 4.79 Å². The average molecular weight is 250 g/mol. The summed E-state index contributed by atoms with van der Waals surface area (Å²) < 4.78 is 5.22. The third-order valence-corrected chi connectivity index (χ3v) is 2.73. The lowest BCUT2D eigenvalue weighted by Crippen LogP contribution is -2.34. The normalized spacial score (nSPS) is 10.5. The molecule has 0 fully saturated rings. The Morgan fingerprint density at radius 3 is 2.61 bits per heavy atom. The first-order valence-electron chi connectivity index (χ1n) is 6.23.